The van der Waals surface area contributed by atoms with Crippen molar-refractivity contribution in [2.75, 3.05) is 7.05 Å². The summed E-state index contributed by atoms with van der Waals surface area (Å²) in [6, 6.07) is 17.3. The molecule has 3 aromatic rings. The van der Waals surface area contributed by atoms with Crippen LogP contribution in [0.4, 0.5) is 0 Å². The van der Waals surface area contributed by atoms with Gasteiger partial charge >= 0.3 is 0 Å². The molecule has 0 saturated heterocycles. The van der Waals surface area contributed by atoms with Gasteiger partial charge in [0.15, 0.2) is 0 Å². The Bertz CT molecular complexity index is 750. The molecule has 1 atom stereocenters. The van der Waals surface area contributed by atoms with Crippen LogP contribution in [0.3, 0.4) is 0 Å². The Morgan fingerprint density at radius 3 is 2.81 bits per heavy atom. The predicted octanol–water partition coefficient (Wildman–Crippen LogP) is 4.50. The van der Waals surface area contributed by atoms with E-state index < -0.39 is 0 Å². The standard InChI is InChI=1S/C18H17BrN2/c1-20-18(11-13-4-2-6-15(19)10-13)17-7-3-5-14-12-21-9-8-16(14)17/h2-10,12,18,20H,11H2,1H3. The minimum atomic E-state index is 0.283. The third kappa shape index (κ3) is 3.14. The van der Waals surface area contributed by atoms with Gasteiger partial charge < -0.3 is 5.32 Å². The number of benzene rings is 2. The van der Waals surface area contributed by atoms with E-state index in [1.165, 1.54) is 21.9 Å². The Hall–Kier alpha value is -1.71. The molecular formula is C18H17BrN2. The van der Waals surface area contributed by atoms with Crippen molar-refractivity contribution in [1.29, 1.82) is 0 Å². The second kappa shape index (κ2) is 6.37. The van der Waals surface area contributed by atoms with E-state index in [0.29, 0.717) is 0 Å². The molecule has 1 aromatic heterocycles. The van der Waals surface area contributed by atoms with Gasteiger partial charge in [-0.05, 0) is 48.2 Å². The first-order chi connectivity index (χ1) is 10.3. The van der Waals surface area contributed by atoms with Gasteiger partial charge in [0.25, 0.3) is 0 Å². The molecule has 1 N–H and O–H groups in total. The number of nitrogens with zero attached hydrogens (tertiary/aromatic N) is 1. The highest BCUT2D eigenvalue weighted by Crippen LogP contribution is 2.26. The summed E-state index contributed by atoms with van der Waals surface area (Å²) in [5.74, 6) is 0. The smallest absolute Gasteiger partial charge is 0.0364 e. The summed E-state index contributed by atoms with van der Waals surface area (Å²) < 4.78 is 1.12. The highest BCUT2D eigenvalue weighted by molar-refractivity contribution is 9.10. The molecule has 0 bridgehead atoms. The van der Waals surface area contributed by atoms with Crippen LogP contribution in [0.15, 0.2) is 65.4 Å². The topological polar surface area (TPSA) is 24.9 Å². The van der Waals surface area contributed by atoms with Crippen LogP contribution in [0, 0.1) is 0 Å². The fourth-order valence-electron chi connectivity index (χ4n) is 2.72. The summed E-state index contributed by atoms with van der Waals surface area (Å²) in [5.41, 5.74) is 2.63. The summed E-state index contributed by atoms with van der Waals surface area (Å²) in [5, 5.41) is 5.89. The van der Waals surface area contributed by atoms with Crippen LogP contribution in [0.5, 0.6) is 0 Å². The number of hydrogen-bond acceptors (Lipinski definition) is 2. The van der Waals surface area contributed by atoms with Crippen LogP contribution in [-0.2, 0) is 6.42 Å². The lowest BCUT2D eigenvalue weighted by molar-refractivity contribution is 0.596. The third-order valence-electron chi connectivity index (χ3n) is 3.77. The molecule has 1 heterocycles. The summed E-state index contributed by atoms with van der Waals surface area (Å²) in [6.45, 7) is 0. The fourth-order valence-corrected chi connectivity index (χ4v) is 3.17. The molecule has 0 radical (unpaired) electrons. The minimum Gasteiger partial charge on any atom is -0.313 e. The number of fused-ring (bicyclic) bond motifs is 1. The largest absolute Gasteiger partial charge is 0.313 e. The molecule has 0 spiro atoms. The van der Waals surface area contributed by atoms with Gasteiger partial charge in [-0.25, -0.2) is 0 Å². The molecular weight excluding hydrogens is 324 g/mol. The molecule has 2 aromatic carbocycles. The fraction of sp³-hybridized carbons (Fsp3) is 0.167. The quantitative estimate of drug-likeness (QED) is 0.756. The molecule has 106 valence electrons. The normalized spacial score (nSPS) is 12.5. The summed E-state index contributed by atoms with van der Waals surface area (Å²) >= 11 is 3.54. The zero-order valence-corrected chi connectivity index (χ0v) is 13.5. The second-order valence-corrected chi connectivity index (χ2v) is 6.04. The number of halogens is 1. The van der Waals surface area contributed by atoms with Gasteiger partial charge in [-0.2, -0.15) is 0 Å². The zero-order valence-electron chi connectivity index (χ0n) is 11.9. The summed E-state index contributed by atoms with van der Waals surface area (Å²) in [4.78, 5) is 4.21. The van der Waals surface area contributed by atoms with Crippen LogP contribution in [0.2, 0.25) is 0 Å². The van der Waals surface area contributed by atoms with Crippen molar-refractivity contribution < 1.29 is 0 Å². The van der Waals surface area contributed by atoms with Crippen molar-refractivity contribution in [3.05, 3.63) is 76.5 Å². The number of rotatable bonds is 4. The maximum Gasteiger partial charge on any atom is 0.0364 e. The Morgan fingerprint density at radius 1 is 1.14 bits per heavy atom. The van der Waals surface area contributed by atoms with Gasteiger partial charge in [0.05, 0.1) is 0 Å². The Morgan fingerprint density at radius 2 is 2.00 bits per heavy atom. The lowest BCUT2D eigenvalue weighted by Gasteiger charge is -2.19. The molecule has 0 aliphatic carbocycles. The Kier molecular flexibility index (Phi) is 4.32. The maximum atomic E-state index is 4.21. The average molecular weight is 341 g/mol. The van der Waals surface area contributed by atoms with E-state index in [2.05, 4.69) is 74.8 Å². The number of aromatic nitrogens is 1. The first-order valence-corrected chi connectivity index (χ1v) is 7.81. The lowest BCUT2D eigenvalue weighted by atomic mass is 9.95. The maximum absolute atomic E-state index is 4.21. The highest BCUT2D eigenvalue weighted by atomic mass is 79.9. The molecule has 0 amide bonds. The van der Waals surface area contributed by atoms with Gasteiger partial charge in [-0.3, -0.25) is 4.98 Å². The van der Waals surface area contributed by atoms with Crippen molar-refractivity contribution in [2.45, 2.75) is 12.5 Å². The highest BCUT2D eigenvalue weighted by Gasteiger charge is 2.13. The van der Waals surface area contributed by atoms with E-state index >= 15 is 0 Å². The van der Waals surface area contributed by atoms with Crippen molar-refractivity contribution in [2.24, 2.45) is 0 Å². The van der Waals surface area contributed by atoms with E-state index in [0.717, 1.165) is 10.9 Å². The van der Waals surface area contributed by atoms with Crippen molar-refractivity contribution in [3.63, 3.8) is 0 Å². The van der Waals surface area contributed by atoms with E-state index in [1.807, 2.05) is 19.4 Å². The van der Waals surface area contributed by atoms with Crippen molar-refractivity contribution in [3.8, 4) is 0 Å². The first-order valence-electron chi connectivity index (χ1n) is 7.02. The molecule has 1 unspecified atom stereocenters. The molecule has 21 heavy (non-hydrogen) atoms. The summed E-state index contributed by atoms with van der Waals surface area (Å²) in [6.07, 6.45) is 4.74. The van der Waals surface area contributed by atoms with Crippen LogP contribution in [0.1, 0.15) is 17.2 Å². The third-order valence-corrected chi connectivity index (χ3v) is 4.26. The first kappa shape index (κ1) is 14.2. The van der Waals surface area contributed by atoms with E-state index in [-0.39, 0.29) is 6.04 Å². The summed E-state index contributed by atoms with van der Waals surface area (Å²) in [7, 11) is 2.02. The van der Waals surface area contributed by atoms with Crippen LogP contribution in [0.25, 0.3) is 10.8 Å². The predicted molar refractivity (Wildman–Crippen MR) is 91.4 cm³/mol. The van der Waals surface area contributed by atoms with Gasteiger partial charge in [-0.15, -0.1) is 0 Å². The Labute approximate surface area is 133 Å². The molecule has 3 rings (SSSR count). The van der Waals surface area contributed by atoms with Gasteiger partial charge in [0.2, 0.25) is 0 Å². The van der Waals surface area contributed by atoms with Gasteiger partial charge in [0.1, 0.15) is 0 Å². The van der Waals surface area contributed by atoms with Gasteiger partial charge in [0, 0.05) is 28.3 Å². The average Bonchev–Trinajstić information content (AvgIpc) is 2.52. The molecule has 0 aliphatic rings. The van der Waals surface area contributed by atoms with Crippen LogP contribution in [-0.4, -0.2) is 12.0 Å². The van der Waals surface area contributed by atoms with E-state index in [9.17, 15) is 0 Å². The Balaban J connectivity index is 1.98. The second-order valence-electron chi connectivity index (χ2n) is 5.12. The van der Waals surface area contributed by atoms with E-state index in [1.54, 1.807) is 0 Å². The zero-order chi connectivity index (χ0) is 14.7. The molecule has 2 nitrogen and oxygen atoms in total. The molecule has 0 fully saturated rings. The number of hydrogen-bond donors (Lipinski definition) is 1. The van der Waals surface area contributed by atoms with Crippen molar-refractivity contribution in [1.82, 2.24) is 10.3 Å². The molecule has 0 saturated carbocycles. The number of pyridine rings is 1. The monoisotopic (exact) mass is 340 g/mol. The van der Waals surface area contributed by atoms with Crippen LogP contribution < -0.4 is 5.32 Å². The minimum absolute atomic E-state index is 0.283. The van der Waals surface area contributed by atoms with Crippen LogP contribution >= 0.6 is 15.9 Å². The molecule has 0 aliphatic heterocycles. The number of nitrogens with one attached hydrogen (secondary N) is 1. The van der Waals surface area contributed by atoms with Gasteiger partial charge in [-0.1, -0.05) is 46.3 Å². The SMILES string of the molecule is CNC(Cc1cccc(Br)c1)c1cccc2cnccc12. The van der Waals surface area contributed by atoms with Crippen molar-refractivity contribution >= 4 is 26.7 Å². The lowest BCUT2D eigenvalue weighted by Crippen LogP contribution is -2.19. The number of likely N-dealkylation sites (N-methyl/N-ethyl adjacent to an activating group) is 1. The van der Waals surface area contributed by atoms with E-state index in [4.69, 9.17) is 0 Å². The molecule has 3 heteroatoms.